The Morgan fingerprint density at radius 1 is 1.30 bits per heavy atom. The summed E-state index contributed by atoms with van der Waals surface area (Å²) in [6.45, 7) is 2.12. The van der Waals surface area contributed by atoms with Gasteiger partial charge in [0.25, 0.3) is 11.9 Å². The molecular weight excluding hydrogens is 366 g/mol. The van der Waals surface area contributed by atoms with Gasteiger partial charge in [0, 0.05) is 30.2 Å². The van der Waals surface area contributed by atoms with E-state index in [2.05, 4.69) is 10.3 Å². The van der Waals surface area contributed by atoms with E-state index in [1.807, 2.05) is 29.2 Å². The maximum atomic E-state index is 12.7. The van der Waals surface area contributed by atoms with Crippen molar-refractivity contribution in [3.63, 3.8) is 0 Å². The van der Waals surface area contributed by atoms with Crippen molar-refractivity contribution in [2.24, 2.45) is 0 Å². The van der Waals surface area contributed by atoms with Gasteiger partial charge < -0.3 is 19.4 Å². The lowest BCUT2D eigenvalue weighted by Gasteiger charge is -2.15. The zero-order valence-corrected chi connectivity index (χ0v) is 15.8. The van der Waals surface area contributed by atoms with Gasteiger partial charge in [-0.25, -0.2) is 0 Å². The third-order valence-electron chi connectivity index (χ3n) is 4.65. The Bertz CT molecular complexity index is 980. The number of carbonyl (C=O) groups excluding carboxylic acids is 1. The number of anilines is 1. The summed E-state index contributed by atoms with van der Waals surface area (Å²) >= 11 is 6.01. The Balaban J connectivity index is 1.59. The summed E-state index contributed by atoms with van der Waals surface area (Å²) in [7, 11) is 1.56. The molecule has 1 fully saturated rings. The van der Waals surface area contributed by atoms with Crippen LogP contribution in [0.1, 0.15) is 28.8 Å². The average Bonchev–Trinajstić information content (AvgIpc) is 3.34. The highest BCUT2D eigenvalue weighted by Gasteiger charge is 2.22. The summed E-state index contributed by atoms with van der Waals surface area (Å²) in [5.74, 6) is 0.502. The Morgan fingerprint density at radius 2 is 2.11 bits per heavy atom. The van der Waals surface area contributed by atoms with Gasteiger partial charge in [0.05, 0.1) is 7.11 Å². The van der Waals surface area contributed by atoms with Crippen molar-refractivity contribution >= 4 is 34.6 Å². The van der Waals surface area contributed by atoms with Crippen LogP contribution in [0.3, 0.4) is 0 Å². The minimum atomic E-state index is 0.00383. The van der Waals surface area contributed by atoms with E-state index in [-0.39, 0.29) is 5.91 Å². The fraction of sp³-hybridized carbons (Fsp3) is 0.300. The fourth-order valence-corrected chi connectivity index (χ4v) is 3.49. The molecule has 7 heteroatoms. The van der Waals surface area contributed by atoms with Crippen LogP contribution in [0.2, 0.25) is 5.02 Å². The van der Waals surface area contributed by atoms with E-state index >= 15 is 0 Å². The van der Waals surface area contributed by atoms with Crippen molar-refractivity contribution in [3.05, 3.63) is 52.5 Å². The third kappa shape index (κ3) is 3.71. The van der Waals surface area contributed by atoms with Crippen LogP contribution in [0, 0.1) is 0 Å². The number of carbonyl (C=O) groups is 1. The summed E-state index contributed by atoms with van der Waals surface area (Å²) < 4.78 is 11.2. The molecule has 6 nitrogen and oxygen atoms in total. The number of fused-ring (bicyclic) bond motifs is 1. The lowest BCUT2D eigenvalue weighted by molar-refractivity contribution is 0.0792. The van der Waals surface area contributed by atoms with Crippen LogP contribution < -0.4 is 10.1 Å². The smallest absolute Gasteiger partial charge is 0.296 e. The fourth-order valence-electron chi connectivity index (χ4n) is 3.28. The summed E-state index contributed by atoms with van der Waals surface area (Å²) in [6, 6.07) is 11.4. The van der Waals surface area contributed by atoms with Gasteiger partial charge in [0.1, 0.15) is 5.52 Å². The summed E-state index contributed by atoms with van der Waals surface area (Å²) in [6.07, 6.45) is 2.10. The number of methoxy groups -OCH3 is 1. The maximum absolute atomic E-state index is 12.7. The number of hydrogen-bond acceptors (Lipinski definition) is 5. The number of oxazole rings is 1. The molecule has 1 aliphatic heterocycles. The molecule has 4 rings (SSSR count). The van der Waals surface area contributed by atoms with Gasteiger partial charge in [0.2, 0.25) is 0 Å². The zero-order valence-electron chi connectivity index (χ0n) is 15.0. The molecule has 0 spiro atoms. The van der Waals surface area contributed by atoms with Crippen molar-refractivity contribution in [3.8, 4) is 5.75 Å². The second-order valence-corrected chi connectivity index (χ2v) is 6.96. The number of ether oxygens (including phenoxy) is 1. The van der Waals surface area contributed by atoms with E-state index in [9.17, 15) is 4.79 Å². The molecule has 1 aromatic heterocycles. The Kier molecular flexibility index (Phi) is 4.90. The molecule has 1 amide bonds. The average molecular weight is 386 g/mol. The van der Waals surface area contributed by atoms with E-state index < -0.39 is 0 Å². The van der Waals surface area contributed by atoms with E-state index in [4.69, 9.17) is 20.8 Å². The number of benzene rings is 2. The first kappa shape index (κ1) is 17.7. The quantitative estimate of drug-likeness (QED) is 0.707. The highest BCUT2D eigenvalue weighted by Crippen LogP contribution is 2.31. The Morgan fingerprint density at radius 3 is 2.85 bits per heavy atom. The number of halogens is 1. The summed E-state index contributed by atoms with van der Waals surface area (Å²) in [4.78, 5) is 19.0. The SMILES string of the molecule is COc1cc(C(=O)N2CCCC2)cc2nc(NCc3cccc(Cl)c3)oc12. The van der Waals surface area contributed by atoms with Crippen molar-refractivity contribution in [2.45, 2.75) is 19.4 Å². The number of hydrogen-bond donors (Lipinski definition) is 1. The second kappa shape index (κ2) is 7.48. The van der Waals surface area contributed by atoms with Gasteiger partial charge in [-0.3, -0.25) is 4.79 Å². The van der Waals surface area contributed by atoms with Crippen LogP contribution in [-0.2, 0) is 6.54 Å². The van der Waals surface area contributed by atoms with Crippen LogP contribution in [0.5, 0.6) is 5.75 Å². The van der Waals surface area contributed by atoms with Crippen molar-refractivity contribution < 1.29 is 13.9 Å². The minimum absolute atomic E-state index is 0.00383. The van der Waals surface area contributed by atoms with Gasteiger partial charge in [0.15, 0.2) is 11.3 Å². The van der Waals surface area contributed by atoms with E-state index in [1.54, 1.807) is 19.2 Å². The number of nitrogens with one attached hydrogen (secondary N) is 1. The predicted molar refractivity (Wildman–Crippen MR) is 104 cm³/mol. The van der Waals surface area contributed by atoms with Crippen LogP contribution in [0.15, 0.2) is 40.8 Å². The van der Waals surface area contributed by atoms with Crippen molar-refractivity contribution in [2.75, 3.05) is 25.5 Å². The Labute approximate surface area is 162 Å². The molecule has 0 aliphatic carbocycles. The molecule has 140 valence electrons. The number of amides is 1. The maximum Gasteiger partial charge on any atom is 0.296 e. The number of aromatic nitrogens is 1. The number of nitrogens with zero attached hydrogens (tertiary/aromatic N) is 2. The highest BCUT2D eigenvalue weighted by atomic mass is 35.5. The summed E-state index contributed by atoms with van der Waals surface area (Å²) in [5, 5.41) is 3.82. The van der Waals surface area contributed by atoms with E-state index in [0.29, 0.717) is 40.0 Å². The monoisotopic (exact) mass is 385 g/mol. The van der Waals surface area contributed by atoms with E-state index in [0.717, 1.165) is 31.5 Å². The molecule has 0 atom stereocenters. The second-order valence-electron chi connectivity index (χ2n) is 6.53. The topological polar surface area (TPSA) is 67.6 Å². The largest absolute Gasteiger partial charge is 0.493 e. The van der Waals surface area contributed by atoms with Crippen molar-refractivity contribution in [1.29, 1.82) is 0 Å². The minimum Gasteiger partial charge on any atom is -0.493 e. The highest BCUT2D eigenvalue weighted by molar-refractivity contribution is 6.30. The van der Waals surface area contributed by atoms with Crippen LogP contribution >= 0.6 is 11.6 Å². The molecule has 0 unspecified atom stereocenters. The van der Waals surface area contributed by atoms with Gasteiger partial charge in [-0.1, -0.05) is 23.7 Å². The molecule has 27 heavy (non-hydrogen) atoms. The molecule has 1 saturated heterocycles. The Hall–Kier alpha value is -2.73. The van der Waals surface area contributed by atoms with E-state index in [1.165, 1.54) is 0 Å². The molecule has 0 radical (unpaired) electrons. The number of rotatable bonds is 5. The molecule has 1 N–H and O–H groups in total. The molecule has 0 bridgehead atoms. The first-order valence-electron chi connectivity index (χ1n) is 8.90. The zero-order chi connectivity index (χ0) is 18.8. The standard InChI is InChI=1S/C20H20ClN3O3/c1-26-17-11-14(19(25)24-7-2-3-8-24)10-16-18(17)27-20(23-16)22-12-13-5-4-6-15(21)9-13/h4-6,9-11H,2-3,7-8,12H2,1H3,(H,22,23). The van der Waals surface area contributed by atoms with Gasteiger partial charge in [-0.15, -0.1) is 0 Å². The molecule has 0 saturated carbocycles. The van der Waals surface area contributed by atoms with Gasteiger partial charge in [-0.2, -0.15) is 4.98 Å². The molecule has 2 aromatic carbocycles. The molecule has 1 aliphatic rings. The summed E-state index contributed by atoms with van der Waals surface area (Å²) in [5.41, 5.74) is 2.69. The van der Waals surface area contributed by atoms with Crippen LogP contribution in [0.25, 0.3) is 11.1 Å². The first-order valence-corrected chi connectivity index (χ1v) is 9.28. The molecule has 3 aromatic rings. The van der Waals surface area contributed by atoms with Gasteiger partial charge >= 0.3 is 0 Å². The number of likely N-dealkylation sites (tertiary alicyclic amines) is 1. The first-order chi connectivity index (χ1) is 13.1. The predicted octanol–water partition coefficient (Wildman–Crippen LogP) is 4.34. The van der Waals surface area contributed by atoms with Crippen LogP contribution in [0.4, 0.5) is 6.01 Å². The molecule has 2 heterocycles. The van der Waals surface area contributed by atoms with Crippen LogP contribution in [-0.4, -0.2) is 36.0 Å². The molecular formula is C20H20ClN3O3. The lowest BCUT2D eigenvalue weighted by Crippen LogP contribution is -2.27. The normalized spacial score (nSPS) is 13.9. The van der Waals surface area contributed by atoms with Gasteiger partial charge in [-0.05, 0) is 42.7 Å². The lowest BCUT2D eigenvalue weighted by atomic mass is 10.1. The third-order valence-corrected chi connectivity index (χ3v) is 4.88. The van der Waals surface area contributed by atoms with Crippen molar-refractivity contribution in [1.82, 2.24) is 9.88 Å².